The van der Waals surface area contributed by atoms with Crippen LogP contribution in [-0.4, -0.2) is 228 Å². The molecule has 1 saturated heterocycles. The number of rotatable bonds is 27. The summed E-state index contributed by atoms with van der Waals surface area (Å²) in [7, 11) is 0. The maximum Gasteiger partial charge on any atom is 0.329 e. The monoisotopic (exact) mass is 1380 g/mol. The van der Waals surface area contributed by atoms with Crippen molar-refractivity contribution >= 4 is 70.5 Å². The third kappa shape index (κ3) is 35.7. The van der Waals surface area contributed by atoms with E-state index >= 15 is 0 Å². The van der Waals surface area contributed by atoms with Crippen molar-refractivity contribution in [3.8, 4) is 0 Å². The maximum atomic E-state index is 14.2. The summed E-state index contributed by atoms with van der Waals surface area (Å²) in [5.41, 5.74) is -3.16. The number of benzene rings is 1. The van der Waals surface area contributed by atoms with Crippen LogP contribution >= 0.6 is 0 Å². The van der Waals surface area contributed by atoms with Crippen molar-refractivity contribution in [1.82, 2.24) is 51.2 Å². The summed E-state index contributed by atoms with van der Waals surface area (Å²) >= 11 is 0. The molecule has 5 N–H and O–H groups in total. The number of nitrogens with one attached hydrogen (secondary N) is 5. The van der Waals surface area contributed by atoms with Crippen LogP contribution in [0.15, 0.2) is 36.5 Å². The highest BCUT2D eigenvalue weighted by molar-refractivity contribution is 5.90. The minimum Gasteiger partial charge on any atom is -0.460 e. The predicted octanol–water partition coefficient (Wildman–Crippen LogP) is 6.56. The van der Waals surface area contributed by atoms with Gasteiger partial charge in [0, 0.05) is 95.8 Å². The molecule has 0 bridgehead atoms. The highest BCUT2D eigenvalue weighted by Gasteiger charge is 2.34. The van der Waals surface area contributed by atoms with Crippen molar-refractivity contribution in [2.45, 2.75) is 241 Å². The fourth-order valence-electron chi connectivity index (χ4n) is 11.1. The molecule has 1 aliphatic carbocycles. The summed E-state index contributed by atoms with van der Waals surface area (Å²) in [5, 5.41) is 15.3. The van der Waals surface area contributed by atoms with Crippen molar-refractivity contribution < 1.29 is 76.4 Å². The molecule has 98 heavy (non-hydrogen) atoms. The number of pyridine rings is 1. The Balaban J connectivity index is 1.41. The van der Waals surface area contributed by atoms with Crippen LogP contribution in [0.4, 0.5) is 4.79 Å². The van der Waals surface area contributed by atoms with E-state index in [-0.39, 0.29) is 82.1 Å². The molecule has 2 aliphatic rings. The van der Waals surface area contributed by atoms with Crippen LogP contribution in [0.2, 0.25) is 0 Å². The number of urea groups is 1. The molecule has 1 saturated carbocycles. The van der Waals surface area contributed by atoms with E-state index in [0.717, 1.165) is 16.5 Å². The Morgan fingerprint density at radius 1 is 0.480 bits per heavy atom. The van der Waals surface area contributed by atoms with Gasteiger partial charge in [0.05, 0.1) is 31.7 Å². The molecule has 26 heteroatoms. The van der Waals surface area contributed by atoms with Crippen molar-refractivity contribution in [3.63, 3.8) is 0 Å². The zero-order valence-electron chi connectivity index (χ0n) is 62.1. The van der Waals surface area contributed by atoms with Crippen LogP contribution in [0.25, 0.3) is 10.9 Å². The number of fused-ring (bicyclic) bond motifs is 1. The lowest BCUT2D eigenvalue weighted by molar-refractivity contribution is -0.159. The van der Waals surface area contributed by atoms with Crippen LogP contribution in [0.3, 0.4) is 0 Å². The second kappa shape index (κ2) is 38.0. The lowest BCUT2D eigenvalue weighted by Crippen LogP contribution is -2.53. The molecule has 0 spiro atoms. The Morgan fingerprint density at radius 3 is 1.36 bits per heavy atom. The number of unbranched alkanes of at least 4 members (excludes halogenated alkanes) is 1. The molecular weight excluding hydrogens is 1260 g/mol. The predicted molar refractivity (Wildman–Crippen MR) is 372 cm³/mol. The van der Waals surface area contributed by atoms with Gasteiger partial charge in [-0.1, -0.05) is 18.2 Å². The molecule has 1 aliphatic heterocycles. The Labute approximate surface area is 581 Å². The summed E-state index contributed by atoms with van der Waals surface area (Å²) < 4.78 is 33.7. The number of ether oxygens (including phenoxy) is 6. The Bertz CT molecular complexity index is 2920. The molecule has 552 valence electrons. The zero-order chi connectivity index (χ0) is 73.4. The van der Waals surface area contributed by atoms with Gasteiger partial charge in [0.2, 0.25) is 17.7 Å². The van der Waals surface area contributed by atoms with E-state index in [2.05, 4.69) is 31.6 Å². The molecule has 2 fully saturated rings. The van der Waals surface area contributed by atoms with Crippen molar-refractivity contribution in [2.24, 2.45) is 11.8 Å². The van der Waals surface area contributed by atoms with E-state index < -0.39 is 99.4 Å². The zero-order valence-corrected chi connectivity index (χ0v) is 62.1. The molecule has 3 atom stereocenters. The van der Waals surface area contributed by atoms with Crippen molar-refractivity contribution in [3.05, 3.63) is 42.1 Å². The van der Waals surface area contributed by atoms with Crippen molar-refractivity contribution in [2.75, 3.05) is 91.6 Å². The molecule has 2 heterocycles. The molecule has 26 nitrogen and oxygen atoms in total. The smallest absolute Gasteiger partial charge is 0.329 e. The molecule has 0 unspecified atom stereocenters. The van der Waals surface area contributed by atoms with E-state index in [1.165, 1.54) is 0 Å². The molecule has 4 rings (SSSR count). The van der Waals surface area contributed by atoms with Gasteiger partial charge in [0.15, 0.2) is 0 Å². The van der Waals surface area contributed by atoms with Crippen LogP contribution in [0.5, 0.6) is 0 Å². The highest BCUT2D eigenvalue weighted by Crippen LogP contribution is 2.29. The SMILES string of the molecule is CC(C)(C)OC(=O)CC[C@H](NC(=O)N[C@@H](CCCCNC(=O)[C@@H](Cc1ccc2cccnc2c1)NC(=O)C1CCC(CNC(=O)CN2CCN(CC(=O)OC(C)(C)C)CCN(CC(=O)OC(C)(C)C)CCN(CC(=O)OC(C)(C)C)CC2)CC1)C(=O)OC(C)(C)C)C(=O)OC(C)(C)C. The van der Waals surface area contributed by atoms with Gasteiger partial charge in [-0.2, -0.15) is 0 Å². The Kier molecular flexibility index (Phi) is 32.3. The first-order valence-corrected chi connectivity index (χ1v) is 34.8. The Hall–Kier alpha value is -7.03. The number of nitrogens with zero attached hydrogens (tertiary/aromatic N) is 5. The summed E-state index contributed by atoms with van der Waals surface area (Å²) in [4.78, 5) is 148. The number of esters is 6. The van der Waals surface area contributed by atoms with E-state index in [4.69, 9.17) is 28.4 Å². The number of aromatic nitrogens is 1. The second-order valence-electron chi connectivity index (χ2n) is 31.9. The number of carbonyl (C=O) groups is 10. The molecule has 5 amide bonds. The van der Waals surface area contributed by atoms with Gasteiger partial charge in [-0.3, -0.25) is 58.1 Å². The summed E-state index contributed by atoms with van der Waals surface area (Å²) in [5.74, 6) is -4.42. The van der Waals surface area contributed by atoms with Crippen molar-refractivity contribution in [1.29, 1.82) is 0 Å². The number of carbonyl (C=O) groups excluding carboxylic acids is 10. The topological polar surface area (TPSA) is 312 Å². The normalized spacial score (nSPS) is 18.0. The average Bonchev–Trinajstić information content (AvgIpc) is 0.835. The van der Waals surface area contributed by atoms with E-state index in [1.54, 1.807) is 68.5 Å². The second-order valence-corrected chi connectivity index (χ2v) is 31.9. The lowest BCUT2D eigenvalue weighted by Gasteiger charge is -2.34. The minimum atomic E-state index is -1.26. The van der Waals surface area contributed by atoms with E-state index in [0.29, 0.717) is 97.4 Å². The van der Waals surface area contributed by atoms with E-state index in [9.17, 15) is 47.9 Å². The summed E-state index contributed by atoms with van der Waals surface area (Å²) in [6.07, 6.45) is 4.68. The first-order valence-electron chi connectivity index (χ1n) is 34.8. The fraction of sp³-hybridized carbons (Fsp3) is 0.736. The minimum absolute atomic E-state index is 0.00385. The Morgan fingerprint density at radius 2 is 0.908 bits per heavy atom. The fourth-order valence-corrected chi connectivity index (χ4v) is 11.1. The summed E-state index contributed by atoms with van der Waals surface area (Å²) in [6.45, 7) is 35.4. The first-order chi connectivity index (χ1) is 45.3. The van der Waals surface area contributed by atoms with Gasteiger partial charge in [-0.25, -0.2) is 14.4 Å². The first kappa shape index (κ1) is 83.4. The van der Waals surface area contributed by atoms with Gasteiger partial charge in [0.1, 0.15) is 51.7 Å². The molecule has 2 aromatic rings. The van der Waals surface area contributed by atoms with E-state index in [1.807, 2.05) is 112 Å². The number of amides is 5. The van der Waals surface area contributed by atoms with Gasteiger partial charge >= 0.3 is 41.8 Å². The quantitative estimate of drug-likeness (QED) is 0.0359. The van der Waals surface area contributed by atoms with Crippen LogP contribution < -0.4 is 26.6 Å². The maximum absolute atomic E-state index is 14.2. The standard InChI is InChI=1S/C72H118N10O16/c1-67(2,3)93-58(84)31-30-54(65(91)98-72(16,17)18)78-66(92)77-53(64(90)97-71(13,14)15)23-19-20-32-74-63(89)56(43-50-26-27-51-22-21-33-73-55(51)42-50)76-62(88)52-28-24-49(25-29-52)44-75-57(83)45-79-34-36-80(46-59(85)94-68(4,5)6)38-40-82(48-61(87)96-70(10,11)12)41-39-81(37-35-79)47-60(86)95-69(7,8)9/h21-22,26-27,33,42,49,52-54,56H,19-20,23-25,28-32,34-41,43-48H2,1-18H3,(H,74,89)(H,75,83)(H,76,88)(H2,77,78,92)/t49?,52?,53-,54-,56+/m0/s1. The summed E-state index contributed by atoms with van der Waals surface area (Å²) in [6, 6.07) is 5.23. The number of hydrogen-bond acceptors (Lipinski definition) is 21. The third-order valence-corrected chi connectivity index (χ3v) is 15.4. The van der Waals surface area contributed by atoms with Gasteiger partial charge in [-0.05, 0) is 200 Å². The van der Waals surface area contributed by atoms with Gasteiger partial charge in [0.25, 0.3) is 0 Å². The number of hydrogen-bond donors (Lipinski definition) is 5. The van der Waals surface area contributed by atoms with Gasteiger partial charge < -0.3 is 55.0 Å². The molecule has 0 radical (unpaired) electrons. The van der Waals surface area contributed by atoms with Crippen LogP contribution in [-0.2, 0) is 78.0 Å². The van der Waals surface area contributed by atoms with Gasteiger partial charge in [-0.15, -0.1) is 0 Å². The highest BCUT2D eigenvalue weighted by atomic mass is 16.6. The average molecular weight is 1380 g/mol. The van der Waals surface area contributed by atoms with Crippen LogP contribution in [0, 0.1) is 11.8 Å². The molecule has 1 aromatic heterocycles. The third-order valence-electron chi connectivity index (χ3n) is 15.4. The molecular formula is C72H118N10O16. The largest absolute Gasteiger partial charge is 0.460 e. The lowest BCUT2D eigenvalue weighted by atomic mass is 9.81. The molecule has 1 aromatic carbocycles. The van der Waals surface area contributed by atoms with Crippen LogP contribution in [0.1, 0.15) is 188 Å².